The molecule has 1 heterocycles. The van der Waals surface area contributed by atoms with Crippen LogP contribution in [0.4, 0.5) is 5.82 Å². The first kappa shape index (κ1) is 14.7. The van der Waals surface area contributed by atoms with E-state index >= 15 is 0 Å². The number of sulfonamides is 1. The van der Waals surface area contributed by atoms with Crippen LogP contribution >= 0.6 is 11.6 Å². The van der Waals surface area contributed by atoms with E-state index in [4.69, 9.17) is 16.3 Å². The number of ether oxygens (including phenoxy) is 1. The van der Waals surface area contributed by atoms with Crippen LogP contribution in [0.25, 0.3) is 10.9 Å². The van der Waals surface area contributed by atoms with Crippen molar-refractivity contribution in [2.45, 2.75) is 4.90 Å². The van der Waals surface area contributed by atoms with Crippen molar-refractivity contribution in [3.05, 3.63) is 47.5 Å². The lowest BCUT2D eigenvalue weighted by Gasteiger charge is -2.09. The zero-order valence-corrected chi connectivity index (χ0v) is 13.1. The lowest BCUT2D eigenvalue weighted by Crippen LogP contribution is -2.14. The SMILES string of the molecule is COc1ccc(Cl)c(S(=O)(=O)Nc2n[nH]c3ccccc23)c1. The number of hydrogen-bond donors (Lipinski definition) is 2. The molecule has 0 saturated heterocycles. The molecule has 3 rings (SSSR count). The Hall–Kier alpha value is -2.25. The van der Waals surface area contributed by atoms with E-state index in [1.54, 1.807) is 24.3 Å². The first-order valence-electron chi connectivity index (χ1n) is 6.31. The van der Waals surface area contributed by atoms with E-state index in [0.717, 1.165) is 5.52 Å². The van der Waals surface area contributed by atoms with Gasteiger partial charge in [0.25, 0.3) is 10.0 Å². The van der Waals surface area contributed by atoms with Crippen LogP contribution in [-0.2, 0) is 10.0 Å². The Morgan fingerprint density at radius 3 is 2.77 bits per heavy atom. The zero-order valence-electron chi connectivity index (χ0n) is 11.5. The number of fused-ring (bicyclic) bond motifs is 1. The zero-order chi connectivity index (χ0) is 15.7. The molecular weight excluding hydrogens is 326 g/mol. The Bertz CT molecular complexity index is 937. The second-order valence-electron chi connectivity index (χ2n) is 4.52. The Balaban J connectivity index is 2.04. The molecule has 0 radical (unpaired) electrons. The Kier molecular flexibility index (Phi) is 3.67. The molecule has 0 aliphatic heterocycles. The second kappa shape index (κ2) is 5.51. The molecule has 1 aromatic heterocycles. The summed E-state index contributed by atoms with van der Waals surface area (Å²) in [5, 5.41) is 7.53. The predicted octanol–water partition coefficient (Wildman–Crippen LogP) is 3.03. The Labute approximate surface area is 132 Å². The van der Waals surface area contributed by atoms with Crippen LogP contribution < -0.4 is 9.46 Å². The van der Waals surface area contributed by atoms with Crippen molar-refractivity contribution in [2.75, 3.05) is 11.8 Å². The van der Waals surface area contributed by atoms with Crippen LogP contribution in [0.15, 0.2) is 47.4 Å². The highest BCUT2D eigenvalue weighted by molar-refractivity contribution is 7.92. The summed E-state index contributed by atoms with van der Waals surface area (Å²) in [6.07, 6.45) is 0. The van der Waals surface area contributed by atoms with Crippen molar-refractivity contribution in [1.29, 1.82) is 0 Å². The molecule has 114 valence electrons. The molecule has 0 saturated carbocycles. The van der Waals surface area contributed by atoms with E-state index in [2.05, 4.69) is 14.9 Å². The van der Waals surface area contributed by atoms with Gasteiger partial charge in [-0.2, -0.15) is 5.10 Å². The highest BCUT2D eigenvalue weighted by atomic mass is 35.5. The molecule has 0 fully saturated rings. The number of hydrogen-bond acceptors (Lipinski definition) is 4. The molecule has 0 aliphatic rings. The van der Waals surface area contributed by atoms with E-state index in [0.29, 0.717) is 11.1 Å². The number of methoxy groups -OCH3 is 1. The fourth-order valence-electron chi connectivity index (χ4n) is 2.04. The molecule has 2 aromatic carbocycles. The predicted molar refractivity (Wildman–Crippen MR) is 84.9 cm³/mol. The number of H-pyrrole nitrogens is 1. The van der Waals surface area contributed by atoms with E-state index in [1.165, 1.54) is 19.2 Å². The number of aromatic nitrogens is 2. The number of aromatic amines is 1. The Morgan fingerprint density at radius 1 is 1.23 bits per heavy atom. The Morgan fingerprint density at radius 2 is 2.00 bits per heavy atom. The van der Waals surface area contributed by atoms with Crippen molar-refractivity contribution in [2.24, 2.45) is 0 Å². The van der Waals surface area contributed by atoms with Gasteiger partial charge in [-0.05, 0) is 24.3 Å². The topological polar surface area (TPSA) is 84.1 Å². The molecule has 2 N–H and O–H groups in total. The van der Waals surface area contributed by atoms with Crippen LogP contribution in [0.5, 0.6) is 5.75 Å². The normalized spacial score (nSPS) is 11.5. The molecule has 3 aromatic rings. The summed E-state index contributed by atoms with van der Waals surface area (Å²) in [5.41, 5.74) is 0.733. The third-order valence-corrected chi connectivity index (χ3v) is 4.95. The largest absolute Gasteiger partial charge is 0.497 e. The van der Waals surface area contributed by atoms with Gasteiger partial charge in [0.2, 0.25) is 0 Å². The summed E-state index contributed by atoms with van der Waals surface area (Å²) in [4.78, 5) is -0.0689. The van der Waals surface area contributed by atoms with Crippen molar-refractivity contribution in [3.63, 3.8) is 0 Å². The maximum absolute atomic E-state index is 12.5. The monoisotopic (exact) mass is 337 g/mol. The van der Waals surface area contributed by atoms with Crippen molar-refractivity contribution < 1.29 is 13.2 Å². The van der Waals surface area contributed by atoms with Crippen LogP contribution in [0.2, 0.25) is 5.02 Å². The average Bonchev–Trinajstić information content (AvgIpc) is 2.90. The minimum absolute atomic E-state index is 0.0689. The molecule has 0 atom stereocenters. The molecule has 8 heteroatoms. The number of rotatable bonds is 4. The number of nitrogens with one attached hydrogen (secondary N) is 2. The summed E-state index contributed by atoms with van der Waals surface area (Å²) in [5.74, 6) is 0.617. The molecule has 0 spiro atoms. The van der Waals surface area contributed by atoms with Crippen LogP contribution in [0.1, 0.15) is 0 Å². The molecular formula is C14H12ClN3O3S. The highest BCUT2D eigenvalue weighted by Crippen LogP contribution is 2.29. The summed E-state index contributed by atoms with van der Waals surface area (Å²) in [6.45, 7) is 0. The van der Waals surface area contributed by atoms with Gasteiger partial charge in [-0.1, -0.05) is 23.7 Å². The van der Waals surface area contributed by atoms with Crippen LogP contribution in [0, 0.1) is 0 Å². The van der Waals surface area contributed by atoms with Crippen molar-refractivity contribution in [1.82, 2.24) is 10.2 Å². The van der Waals surface area contributed by atoms with Gasteiger partial charge in [-0.15, -0.1) is 0 Å². The minimum Gasteiger partial charge on any atom is -0.497 e. The smallest absolute Gasteiger partial charge is 0.264 e. The first-order valence-corrected chi connectivity index (χ1v) is 8.17. The average molecular weight is 338 g/mol. The standard InChI is InChI=1S/C14H12ClN3O3S/c1-21-9-6-7-11(15)13(8-9)22(19,20)18-14-10-4-2-3-5-12(10)16-17-14/h2-8H,1H3,(H2,16,17,18). The molecule has 0 aliphatic carbocycles. The van der Waals surface area contributed by atoms with Crippen molar-refractivity contribution in [3.8, 4) is 5.75 Å². The first-order chi connectivity index (χ1) is 10.5. The van der Waals surface area contributed by atoms with Crippen molar-refractivity contribution >= 4 is 38.3 Å². The lowest BCUT2D eigenvalue weighted by molar-refractivity contribution is 0.413. The summed E-state index contributed by atoms with van der Waals surface area (Å²) in [7, 11) is -2.43. The summed E-state index contributed by atoms with van der Waals surface area (Å²) in [6, 6.07) is 11.6. The number of nitrogens with zero attached hydrogens (tertiary/aromatic N) is 1. The lowest BCUT2D eigenvalue weighted by atomic mass is 10.2. The van der Waals surface area contributed by atoms with Gasteiger partial charge in [0, 0.05) is 11.5 Å². The highest BCUT2D eigenvalue weighted by Gasteiger charge is 2.21. The van der Waals surface area contributed by atoms with E-state index < -0.39 is 10.0 Å². The van der Waals surface area contributed by atoms with E-state index in [9.17, 15) is 8.42 Å². The van der Waals surface area contributed by atoms with Gasteiger partial charge in [0.1, 0.15) is 10.6 Å². The van der Waals surface area contributed by atoms with Gasteiger partial charge in [0.15, 0.2) is 5.82 Å². The van der Waals surface area contributed by atoms with Crippen LogP contribution in [-0.4, -0.2) is 25.7 Å². The van der Waals surface area contributed by atoms with Gasteiger partial charge >= 0.3 is 0 Å². The maximum Gasteiger partial charge on any atom is 0.264 e. The number of halogens is 1. The summed E-state index contributed by atoms with van der Waals surface area (Å²) < 4.78 is 32.5. The molecule has 22 heavy (non-hydrogen) atoms. The molecule has 0 bridgehead atoms. The number of anilines is 1. The molecule has 6 nitrogen and oxygen atoms in total. The van der Waals surface area contributed by atoms with Gasteiger partial charge in [-0.25, -0.2) is 8.42 Å². The second-order valence-corrected chi connectivity index (χ2v) is 6.58. The summed E-state index contributed by atoms with van der Waals surface area (Å²) >= 11 is 5.99. The molecule has 0 unspecified atom stereocenters. The third-order valence-electron chi connectivity index (χ3n) is 3.13. The number of para-hydroxylation sites is 1. The van der Waals surface area contributed by atoms with E-state index in [-0.39, 0.29) is 15.7 Å². The van der Waals surface area contributed by atoms with Crippen LogP contribution in [0.3, 0.4) is 0 Å². The fraction of sp³-hybridized carbons (Fsp3) is 0.0714. The van der Waals surface area contributed by atoms with Gasteiger partial charge in [-0.3, -0.25) is 9.82 Å². The minimum atomic E-state index is -3.88. The third kappa shape index (κ3) is 2.60. The number of benzene rings is 2. The van der Waals surface area contributed by atoms with E-state index in [1.807, 2.05) is 6.07 Å². The maximum atomic E-state index is 12.5. The van der Waals surface area contributed by atoms with Gasteiger partial charge < -0.3 is 4.74 Å². The van der Waals surface area contributed by atoms with Gasteiger partial charge in [0.05, 0.1) is 17.6 Å². The quantitative estimate of drug-likeness (QED) is 0.766. The fourth-order valence-corrected chi connectivity index (χ4v) is 3.58. The molecule has 0 amide bonds.